The van der Waals surface area contributed by atoms with Crippen LogP contribution in [-0.4, -0.2) is 34.5 Å². The number of ether oxygens (including phenoxy) is 2. The van der Waals surface area contributed by atoms with Crippen LogP contribution in [0.1, 0.15) is 19.7 Å². The van der Waals surface area contributed by atoms with Gasteiger partial charge in [-0.3, -0.25) is 0 Å². The van der Waals surface area contributed by atoms with Crippen LogP contribution in [0.4, 0.5) is 0 Å². The lowest BCUT2D eigenvalue weighted by atomic mass is 10.1. The van der Waals surface area contributed by atoms with Crippen molar-refractivity contribution in [1.29, 1.82) is 0 Å². The average Bonchev–Trinajstić information content (AvgIpc) is 2.28. The van der Waals surface area contributed by atoms with Crippen LogP contribution in [0.15, 0.2) is 0 Å². The van der Waals surface area contributed by atoms with E-state index in [1.165, 1.54) is 14.2 Å². The van der Waals surface area contributed by atoms with Crippen LogP contribution in [0.25, 0.3) is 0 Å². The van der Waals surface area contributed by atoms with Crippen molar-refractivity contribution in [3.63, 3.8) is 0 Å². The fourth-order valence-corrected chi connectivity index (χ4v) is 1.20. The third-order valence-corrected chi connectivity index (χ3v) is 2.77. The van der Waals surface area contributed by atoms with E-state index < -0.39 is 0 Å². The Morgan fingerprint density at radius 2 is 1.56 bits per heavy atom. The van der Waals surface area contributed by atoms with Crippen LogP contribution in [0.2, 0.25) is 0 Å². The minimum atomic E-state index is -0.0168. The molecule has 1 aromatic rings. The molecule has 0 aliphatic heterocycles. The molecule has 0 saturated heterocycles. The van der Waals surface area contributed by atoms with E-state index in [-0.39, 0.29) is 17.4 Å². The molecule has 0 fully saturated rings. The fourth-order valence-electron chi connectivity index (χ4n) is 1.06. The highest BCUT2D eigenvalue weighted by molar-refractivity contribution is 6.20. The monoisotopic (exact) mass is 245 g/mol. The maximum Gasteiger partial charge on any atom is 0.322 e. The predicted molar refractivity (Wildman–Crippen MR) is 61.1 cm³/mol. The molecule has 0 radical (unpaired) electrons. The van der Waals surface area contributed by atoms with Crippen LogP contribution in [0.3, 0.4) is 0 Å². The van der Waals surface area contributed by atoms with E-state index in [4.69, 9.17) is 21.1 Å². The third kappa shape index (κ3) is 3.48. The lowest BCUT2D eigenvalue weighted by Crippen LogP contribution is -2.14. The number of aromatic nitrogens is 3. The van der Waals surface area contributed by atoms with E-state index >= 15 is 0 Å². The second-order valence-electron chi connectivity index (χ2n) is 3.69. The number of rotatable bonds is 5. The number of methoxy groups -OCH3 is 2. The second kappa shape index (κ2) is 5.84. The zero-order chi connectivity index (χ0) is 12.1. The Morgan fingerprint density at radius 3 is 1.94 bits per heavy atom. The second-order valence-corrected chi connectivity index (χ2v) is 4.25. The van der Waals surface area contributed by atoms with Crippen molar-refractivity contribution in [1.82, 2.24) is 15.0 Å². The summed E-state index contributed by atoms with van der Waals surface area (Å²) in [5.74, 6) is 0.938. The Kier molecular flexibility index (Phi) is 4.73. The zero-order valence-electron chi connectivity index (χ0n) is 9.90. The van der Waals surface area contributed by atoms with Gasteiger partial charge in [-0.2, -0.15) is 9.97 Å². The van der Waals surface area contributed by atoms with Crippen molar-refractivity contribution in [2.75, 3.05) is 14.2 Å². The highest BCUT2D eigenvalue weighted by Gasteiger charge is 2.14. The Hall–Kier alpha value is -1.10. The number of alkyl halides is 1. The molecule has 0 saturated carbocycles. The highest BCUT2D eigenvalue weighted by Crippen LogP contribution is 2.16. The van der Waals surface area contributed by atoms with Crippen molar-refractivity contribution in [3.05, 3.63) is 5.82 Å². The van der Waals surface area contributed by atoms with E-state index in [0.29, 0.717) is 18.2 Å². The van der Waals surface area contributed by atoms with Crippen molar-refractivity contribution in [2.24, 2.45) is 5.92 Å². The predicted octanol–water partition coefficient (Wildman–Crippen LogP) is 1.69. The minimum Gasteiger partial charge on any atom is -0.467 e. The van der Waals surface area contributed by atoms with Crippen molar-refractivity contribution in [3.8, 4) is 12.0 Å². The topological polar surface area (TPSA) is 57.1 Å². The van der Waals surface area contributed by atoms with Crippen LogP contribution in [-0.2, 0) is 6.42 Å². The lowest BCUT2D eigenvalue weighted by molar-refractivity contribution is 0.335. The van der Waals surface area contributed by atoms with Gasteiger partial charge in [0.1, 0.15) is 5.82 Å². The molecular weight excluding hydrogens is 230 g/mol. The average molecular weight is 246 g/mol. The summed E-state index contributed by atoms with van der Waals surface area (Å²) in [7, 11) is 3.00. The molecule has 0 spiro atoms. The number of hydrogen-bond acceptors (Lipinski definition) is 5. The van der Waals surface area contributed by atoms with Gasteiger partial charge in [0.25, 0.3) is 0 Å². The van der Waals surface area contributed by atoms with Gasteiger partial charge in [-0.25, -0.2) is 0 Å². The summed E-state index contributed by atoms with van der Waals surface area (Å²) in [6, 6.07) is 0.490. The summed E-state index contributed by atoms with van der Waals surface area (Å²) in [4.78, 5) is 12.1. The molecule has 1 aromatic heterocycles. The largest absolute Gasteiger partial charge is 0.467 e. The first-order valence-electron chi connectivity index (χ1n) is 5.03. The van der Waals surface area contributed by atoms with Crippen LogP contribution >= 0.6 is 11.6 Å². The fraction of sp³-hybridized carbons (Fsp3) is 0.700. The quantitative estimate of drug-likeness (QED) is 0.739. The van der Waals surface area contributed by atoms with Gasteiger partial charge in [-0.1, -0.05) is 13.8 Å². The van der Waals surface area contributed by atoms with E-state index in [2.05, 4.69) is 15.0 Å². The van der Waals surface area contributed by atoms with Crippen LogP contribution in [0, 0.1) is 5.92 Å². The van der Waals surface area contributed by atoms with Gasteiger partial charge < -0.3 is 9.47 Å². The first-order valence-corrected chi connectivity index (χ1v) is 5.47. The molecule has 16 heavy (non-hydrogen) atoms. The Labute approximate surface area is 100 Å². The number of halogens is 1. The first kappa shape index (κ1) is 13.0. The Balaban J connectivity index is 2.86. The van der Waals surface area contributed by atoms with Gasteiger partial charge in [0, 0.05) is 11.8 Å². The molecule has 0 aliphatic rings. The maximum absolute atomic E-state index is 6.16. The third-order valence-electron chi connectivity index (χ3n) is 2.11. The minimum absolute atomic E-state index is 0.0168. The van der Waals surface area contributed by atoms with Crippen molar-refractivity contribution in [2.45, 2.75) is 25.6 Å². The van der Waals surface area contributed by atoms with Crippen molar-refractivity contribution >= 4 is 11.6 Å². The molecule has 5 nitrogen and oxygen atoms in total. The van der Waals surface area contributed by atoms with Gasteiger partial charge >= 0.3 is 12.0 Å². The molecule has 0 aromatic carbocycles. The normalized spacial score (nSPS) is 12.6. The van der Waals surface area contributed by atoms with Crippen LogP contribution in [0.5, 0.6) is 12.0 Å². The molecule has 6 heteroatoms. The summed E-state index contributed by atoms with van der Waals surface area (Å²) in [6.07, 6.45) is 0.564. The lowest BCUT2D eigenvalue weighted by Gasteiger charge is -2.12. The summed E-state index contributed by atoms with van der Waals surface area (Å²) >= 11 is 6.16. The van der Waals surface area contributed by atoms with Crippen LogP contribution < -0.4 is 9.47 Å². The molecular formula is C10H16ClN3O2. The molecule has 90 valence electrons. The van der Waals surface area contributed by atoms with Gasteiger partial charge in [0.2, 0.25) is 0 Å². The molecule has 1 atom stereocenters. The summed E-state index contributed by atoms with van der Waals surface area (Å²) in [5, 5.41) is -0.0168. The standard InChI is InChI=1S/C10H16ClN3O2/c1-6(2)7(11)5-8-12-9(15-3)14-10(13-8)16-4/h6-7H,5H2,1-4H3. The SMILES string of the molecule is COc1nc(CC(Cl)C(C)C)nc(OC)n1. The summed E-state index contributed by atoms with van der Waals surface area (Å²) in [6.45, 7) is 4.10. The molecule has 0 N–H and O–H groups in total. The smallest absolute Gasteiger partial charge is 0.322 e. The zero-order valence-corrected chi connectivity index (χ0v) is 10.7. The van der Waals surface area contributed by atoms with E-state index in [9.17, 15) is 0 Å². The Morgan fingerprint density at radius 1 is 1.06 bits per heavy atom. The summed E-state index contributed by atoms with van der Waals surface area (Å²) < 4.78 is 9.91. The van der Waals surface area contributed by atoms with Gasteiger partial charge in [-0.05, 0) is 5.92 Å². The first-order chi connectivity index (χ1) is 7.56. The van der Waals surface area contributed by atoms with Gasteiger partial charge in [0.15, 0.2) is 0 Å². The molecule has 0 amide bonds. The number of nitrogens with zero attached hydrogens (tertiary/aromatic N) is 3. The molecule has 1 heterocycles. The molecule has 1 unspecified atom stereocenters. The Bertz CT molecular complexity index is 325. The molecule has 0 aliphatic carbocycles. The highest BCUT2D eigenvalue weighted by atomic mass is 35.5. The van der Waals surface area contributed by atoms with Gasteiger partial charge in [-0.15, -0.1) is 16.6 Å². The van der Waals surface area contributed by atoms with E-state index in [0.717, 1.165) is 0 Å². The maximum atomic E-state index is 6.16. The van der Waals surface area contributed by atoms with Crippen molar-refractivity contribution < 1.29 is 9.47 Å². The van der Waals surface area contributed by atoms with Gasteiger partial charge in [0.05, 0.1) is 14.2 Å². The number of hydrogen-bond donors (Lipinski definition) is 0. The van der Waals surface area contributed by atoms with E-state index in [1.54, 1.807) is 0 Å². The molecule has 1 rings (SSSR count). The summed E-state index contributed by atoms with van der Waals surface area (Å²) in [5.41, 5.74) is 0. The molecule has 0 bridgehead atoms. The van der Waals surface area contributed by atoms with E-state index in [1.807, 2.05) is 13.8 Å².